The van der Waals surface area contributed by atoms with E-state index in [-0.39, 0.29) is 11.1 Å². The van der Waals surface area contributed by atoms with Crippen LogP contribution < -0.4 is 10.4 Å². The molecule has 2 aromatic carbocycles. The summed E-state index contributed by atoms with van der Waals surface area (Å²) in [7, 11) is -15.5. The van der Waals surface area contributed by atoms with Crippen molar-refractivity contribution in [3.05, 3.63) is 87.0 Å². The Bertz CT molecular complexity index is 1730. The average molecular weight is 696 g/mol. The zero-order valence-corrected chi connectivity index (χ0v) is 26.0. The Hall–Kier alpha value is -2.37. The number of nitrogens with one attached hydrogen (secondary N) is 1. The van der Waals surface area contributed by atoms with Gasteiger partial charge in [-0.1, -0.05) is 42.5 Å². The topological polar surface area (TPSA) is 246 Å². The van der Waals surface area contributed by atoms with Crippen LogP contribution in [0.3, 0.4) is 0 Å². The van der Waals surface area contributed by atoms with Gasteiger partial charge in [0.15, 0.2) is 6.23 Å². The molecule has 0 saturated carbocycles. The van der Waals surface area contributed by atoms with E-state index in [2.05, 4.69) is 18.1 Å². The van der Waals surface area contributed by atoms with Crippen LogP contribution in [-0.2, 0) is 42.5 Å². The van der Waals surface area contributed by atoms with Crippen LogP contribution >= 0.6 is 35.7 Å². The quantitative estimate of drug-likeness (QED) is 0.111. The number of rotatable bonds is 13. The molecule has 0 radical (unpaired) electrons. The summed E-state index contributed by atoms with van der Waals surface area (Å²) < 4.78 is 64.8. The van der Waals surface area contributed by atoms with Crippen LogP contribution in [0.5, 0.6) is 11.5 Å². The van der Waals surface area contributed by atoms with E-state index in [1.54, 1.807) is 30.3 Å². The Morgan fingerprint density at radius 2 is 1.66 bits per heavy atom. The van der Waals surface area contributed by atoms with Gasteiger partial charge in [-0.15, -0.1) is 0 Å². The number of aromatic amines is 1. The lowest BCUT2D eigenvalue weighted by Crippen LogP contribution is -2.36. The number of hydrogen-bond donors (Lipinski definition) is 6. The van der Waals surface area contributed by atoms with Crippen molar-refractivity contribution in [3.8, 4) is 11.5 Å². The van der Waals surface area contributed by atoms with Crippen molar-refractivity contribution in [2.24, 2.45) is 0 Å². The van der Waals surface area contributed by atoms with Gasteiger partial charge in [-0.2, -0.15) is 8.62 Å². The van der Waals surface area contributed by atoms with E-state index < -0.39 is 60.3 Å². The summed E-state index contributed by atoms with van der Waals surface area (Å²) in [6.45, 7) is -0.908. The monoisotopic (exact) mass is 696 g/mol. The molecular weight excluding hydrogens is 669 g/mol. The molecule has 0 spiro atoms. The van der Waals surface area contributed by atoms with Gasteiger partial charge in [-0.05, 0) is 29.8 Å². The molecule has 1 aliphatic rings. The van der Waals surface area contributed by atoms with Crippen LogP contribution in [-0.4, -0.2) is 66.5 Å². The number of H-pyrrole nitrogens is 1. The molecule has 3 aromatic rings. The Morgan fingerprint density at radius 1 is 0.977 bits per heavy atom. The molecule has 2 heterocycles. The second-order valence-electron chi connectivity index (χ2n) is 9.15. The highest BCUT2D eigenvalue weighted by atomic mass is 32.1. The third kappa shape index (κ3) is 9.10. The van der Waals surface area contributed by atoms with Crippen LogP contribution in [0.25, 0.3) is 0 Å². The van der Waals surface area contributed by atoms with E-state index in [0.29, 0.717) is 17.1 Å². The van der Waals surface area contributed by atoms with E-state index in [0.717, 1.165) is 17.2 Å². The fourth-order valence-electron chi connectivity index (χ4n) is 4.05. The van der Waals surface area contributed by atoms with E-state index in [9.17, 15) is 33.6 Å². The van der Waals surface area contributed by atoms with Gasteiger partial charge in [0.05, 0.1) is 6.61 Å². The van der Waals surface area contributed by atoms with Gasteiger partial charge in [0.2, 0.25) is 0 Å². The average Bonchev–Trinajstić information content (AvgIpc) is 3.21. The number of hydrogen-bond acceptors (Lipinski definition) is 13. The lowest BCUT2D eigenvalue weighted by molar-refractivity contribution is -0.0547. The van der Waals surface area contributed by atoms with E-state index >= 15 is 0 Å². The fourth-order valence-corrected chi connectivity index (χ4v) is 7.63. The van der Waals surface area contributed by atoms with Crippen LogP contribution in [0, 0.1) is 4.64 Å². The molecule has 1 aromatic heterocycles. The summed E-state index contributed by atoms with van der Waals surface area (Å²) in [5.74, 6) is 1.19. The van der Waals surface area contributed by atoms with Crippen LogP contribution in [0.2, 0.25) is 0 Å². The first-order valence-corrected chi connectivity index (χ1v) is 17.3. The largest absolute Gasteiger partial charge is 0.490 e. The maximum absolute atomic E-state index is 12.8. The highest BCUT2D eigenvalue weighted by molar-refractivity contribution is 7.71. The maximum atomic E-state index is 12.8. The number of phosphoric ester groups is 1. The molecule has 0 aliphatic carbocycles. The summed E-state index contributed by atoms with van der Waals surface area (Å²) in [4.78, 5) is 42.2. The molecule has 17 nitrogen and oxygen atoms in total. The van der Waals surface area contributed by atoms with E-state index in [4.69, 9.17) is 36.0 Å². The fraction of sp³-hybridized carbons (Fsp3) is 0.304. The van der Waals surface area contributed by atoms with Gasteiger partial charge in [0.25, 0.3) is 0 Å². The lowest BCUT2D eigenvalue weighted by Gasteiger charge is -2.21. The third-order valence-electron chi connectivity index (χ3n) is 5.96. The maximum Gasteiger partial charge on any atom is 0.490 e. The summed E-state index contributed by atoms with van der Waals surface area (Å²) in [6, 6.07) is 16.2. The van der Waals surface area contributed by atoms with Crippen molar-refractivity contribution >= 4 is 35.7 Å². The van der Waals surface area contributed by atoms with Crippen LogP contribution in [0.4, 0.5) is 0 Å². The minimum atomic E-state index is -5.66. The highest BCUT2D eigenvalue weighted by Gasteiger charge is 2.47. The molecule has 0 bridgehead atoms. The van der Waals surface area contributed by atoms with Crippen molar-refractivity contribution in [1.82, 2.24) is 9.55 Å². The predicted molar refractivity (Wildman–Crippen MR) is 152 cm³/mol. The number of ether oxygens (including phenoxy) is 2. The van der Waals surface area contributed by atoms with Crippen LogP contribution in [0.1, 0.15) is 17.4 Å². The molecule has 0 amide bonds. The number of aliphatic hydroxyl groups excluding tert-OH is 2. The van der Waals surface area contributed by atoms with Crippen molar-refractivity contribution in [2.45, 2.75) is 31.0 Å². The van der Waals surface area contributed by atoms with Crippen molar-refractivity contribution < 1.29 is 65.7 Å². The standard InChI is InChI=1S/C23H27N2O15P3S/c1-35-43(34,40-42(32,33)39-41(29,30)31)36-13-18-19(26)20(27)22(38-18)25-12-15(21(44)24-23(25)28)10-14-6-5-9-17(11-14)37-16-7-3-2-4-8-16/h2-9,11-12,18-20,22,26-27H,10,13H2,1H3,(H,32,33)(H,24,28,44)(H2,29,30,31)/t18-,19-,20-,22-,43?/m1/s1. The molecule has 21 heteroatoms. The molecular formula is C23H27N2O15P3S. The van der Waals surface area contributed by atoms with Gasteiger partial charge in [-0.25, -0.2) is 18.5 Å². The molecule has 6 atom stereocenters. The van der Waals surface area contributed by atoms with E-state index in [1.165, 1.54) is 6.20 Å². The second-order valence-corrected chi connectivity index (χ2v) is 14.3. The molecule has 1 fully saturated rings. The van der Waals surface area contributed by atoms with Crippen molar-refractivity contribution in [2.75, 3.05) is 13.7 Å². The molecule has 1 aliphatic heterocycles. The number of phosphoric acid groups is 3. The molecule has 6 N–H and O–H groups in total. The third-order valence-corrected chi connectivity index (χ3v) is 10.5. The summed E-state index contributed by atoms with van der Waals surface area (Å²) in [5.41, 5.74) is 0.420. The molecule has 4 rings (SSSR count). The molecule has 240 valence electrons. The Kier molecular flexibility index (Phi) is 10.9. The van der Waals surface area contributed by atoms with E-state index in [1.807, 2.05) is 24.3 Å². The summed E-state index contributed by atoms with van der Waals surface area (Å²) >= 11 is 5.32. The Morgan fingerprint density at radius 3 is 2.32 bits per heavy atom. The Labute approximate surface area is 254 Å². The smallest absolute Gasteiger partial charge is 0.457 e. The second kappa shape index (κ2) is 14.0. The number of aromatic nitrogens is 2. The number of nitrogens with zero attached hydrogens (tertiary/aromatic N) is 1. The van der Waals surface area contributed by atoms with Crippen molar-refractivity contribution in [3.63, 3.8) is 0 Å². The van der Waals surface area contributed by atoms with Gasteiger partial charge < -0.3 is 34.4 Å². The highest BCUT2D eigenvalue weighted by Crippen LogP contribution is 2.68. The lowest BCUT2D eigenvalue weighted by atomic mass is 10.1. The molecule has 1 saturated heterocycles. The van der Waals surface area contributed by atoms with Gasteiger partial charge in [0.1, 0.15) is 34.5 Å². The Balaban J connectivity index is 1.49. The van der Waals surface area contributed by atoms with Crippen LogP contribution in [0.15, 0.2) is 65.6 Å². The number of aliphatic hydroxyl groups is 2. The summed E-state index contributed by atoms with van der Waals surface area (Å²) in [6.07, 6.45) is -4.93. The SMILES string of the molecule is COP(=O)(OC[C@H]1O[C@@H](n2cc(Cc3cccc(Oc4ccccc4)c3)c(=S)[nH]c2=O)[C@H](O)[C@@H]1O)OP(=O)(O)OP(=O)(O)O. The molecule has 2 unspecified atom stereocenters. The van der Waals surface area contributed by atoms with Gasteiger partial charge >= 0.3 is 29.2 Å². The molecule has 44 heavy (non-hydrogen) atoms. The zero-order valence-electron chi connectivity index (χ0n) is 22.5. The number of benzene rings is 2. The van der Waals surface area contributed by atoms with Gasteiger partial charge in [-0.3, -0.25) is 18.6 Å². The van der Waals surface area contributed by atoms with Gasteiger partial charge in [0, 0.05) is 25.3 Å². The minimum Gasteiger partial charge on any atom is -0.457 e. The number of para-hydroxylation sites is 1. The van der Waals surface area contributed by atoms with Crippen molar-refractivity contribution in [1.29, 1.82) is 0 Å². The normalized spacial score (nSPS) is 23.1. The summed E-state index contributed by atoms with van der Waals surface area (Å²) in [5, 5.41) is 21.2. The predicted octanol–water partition coefficient (Wildman–Crippen LogP) is 2.91. The first-order chi connectivity index (χ1) is 20.6. The first-order valence-electron chi connectivity index (χ1n) is 12.4. The zero-order chi connectivity index (χ0) is 32.3. The first kappa shape index (κ1) is 34.5. The minimum absolute atomic E-state index is 0.109.